The number of anilines is 2. The second kappa shape index (κ2) is 5.81. The van der Waals surface area contributed by atoms with Gasteiger partial charge in [-0.05, 0) is 31.4 Å². The Balaban J connectivity index is 1.78. The lowest BCUT2D eigenvalue weighted by Crippen LogP contribution is -2.33. The lowest BCUT2D eigenvalue weighted by Gasteiger charge is -2.22. The largest absolute Gasteiger partial charge is 0.369 e. The van der Waals surface area contributed by atoms with Gasteiger partial charge in [0.05, 0.1) is 16.4 Å². The van der Waals surface area contributed by atoms with Gasteiger partial charge in [-0.15, -0.1) is 0 Å². The van der Waals surface area contributed by atoms with Crippen LogP contribution < -0.4 is 16.6 Å². The van der Waals surface area contributed by atoms with Gasteiger partial charge < -0.3 is 11.1 Å². The summed E-state index contributed by atoms with van der Waals surface area (Å²) < 4.78 is 0. The van der Waals surface area contributed by atoms with E-state index in [1.165, 1.54) is 0 Å². The number of carbonyl (C=O) groups excluding carboxylic acids is 1. The molecule has 1 aliphatic carbocycles. The molecule has 7 heteroatoms. The van der Waals surface area contributed by atoms with Crippen molar-refractivity contribution < 1.29 is 4.79 Å². The van der Waals surface area contributed by atoms with Crippen LogP contribution >= 0.6 is 11.6 Å². The Morgan fingerprint density at radius 2 is 2.18 bits per heavy atom. The summed E-state index contributed by atoms with van der Waals surface area (Å²) >= 11 is 6.04. The zero-order valence-corrected chi connectivity index (χ0v) is 12.5. The normalized spacial score (nSPS) is 16.9. The minimum absolute atomic E-state index is 0.114. The minimum Gasteiger partial charge on any atom is -0.369 e. The number of nitrogens with zero attached hydrogens (tertiary/aromatic N) is 1. The van der Waals surface area contributed by atoms with E-state index in [0.29, 0.717) is 41.2 Å². The highest BCUT2D eigenvalue weighted by molar-refractivity contribution is 6.33. The van der Waals surface area contributed by atoms with E-state index in [9.17, 15) is 9.59 Å². The van der Waals surface area contributed by atoms with Crippen LogP contribution in [-0.2, 0) is 17.6 Å². The zero-order chi connectivity index (χ0) is 15.7. The molecule has 22 heavy (non-hydrogen) atoms. The smallest absolute Gasteiger partial charge is 0.255 e. The Morgan fingerprint density at radius 1 is 1.41 bits per heavy atom. The summed E-state index contributed by atoms with van der Waals surface area (Å²) in [4.78, 5) is 30.9. The predicted molar refractivity (Wildman–Crippen MR) is 84.9 cm³/mol. The van der Waals surface area contributed by atoms with Crippen molar-refractivity contribution in [2.45, 2.75) is 19.3 Å². The first-order valence-corrected chi connectivity index (χ1v) is 7.35. The van der Waals surface area contributed by atoms with E-state index in [1.807, 2.05) is 0 Å². The van der Waals surface area contributed by atoms with Crippen molar-refractivity contribution in [2.24, 2.45) is 5.92 Å². The number of H-pyrrole nitrogens is 1. The van der Waals surface area contributed by atoms with Gasteiger partial charge in [-0.25, -0.2) is 4.98 Å². The van der Waals surface area contributed by atoms with E-state index in [0.717, 1.165) is 0 Å². The zero-order valence-electron chi connectivity index (χ0n) is 11.7. The van der Waals surface area contributed by atoms with Crippen LogP contribution in [0, 0.1) is 5.92 Å². The molecule has 1 atom stereocenters. The second-order valence-electron chi connectivity index (χ2n) is 5.29. The fraction of sp³-hybridized carbons (Fsp3) is 0.267. The van der Waals surface area contributed by atoms with Crippen molar-refractivity contribution in [1.29, 1.82) is 0 Å². The van der Waals surface area contributed by atoms with E-state index in [1.54, 1.807) is 24.3 Å². The van der Waals surface area contributed by atoms with Crippen molar-refractivity contribution in [3.63, 3.8) is 0 Å². The maximum atomic E-state index is 12.4. The average Bonchev–Trinajstić information content (AvgIpc) is 2.49. The number of aromatic amines is 1. The summed E-state index contributed by atoms with van der Waals surface area (Å²) in [5.41, 5.74) is 7.07. The lowest BCUT2D eigenvalue weighted by atomic mass is 9.86. The van der Waals surface area contributed by atoms with Crippen molar-refractivity contribution in [3.8, 4) is 0 Å². The van der Waals surface area contributed by atoms with Gasteiger partial charge >= 0.3 is 0 Å². The number of amides is 1. The summed E-state index contributed by atoms with van der Waals surface area (Å²) in [6, 6.07) is 7.05. The molecule has 0 spiro atoms. The second-order valence-corrected chi connectivity index (χ2v) is 5.69. The first kappa shape index (κ1) is 14.6. The number of aromatic nitrogens is 2. The Hall–Kier alpha value is -2.34. The molecule has 0 fully saturated rings. The summed E-state index contributed by atoms with van der Waals surface area (Å²) in [5, 5.41) is 3.30. The molecular formula is C15H15ClN4O2. The summed E-state index contributed by atoms with van der Waals surface area (Å²) in [6.45, 7) is 0. The van der Waals surface area contributed by atoms with E-state index in [-0.39, 0.29) is 23.3 Å². The van der Waals surface area contributed by atoms with Crippen LogP contribution in [0.1, 0.15) is 17.7 Å². The number of para-hydroxylation sites is 1. The van der Waals surface area contributed by atoms with Crippen LogP contribution in [0.25, 0.3) is 0 Å². The Morgan fingerprint density at radius 3 is 2.95 bits per heavy atom. The lowest BCUT2D eigenvalue weighted by molar-refractivity contribution is -0.120. The minimum atomic E-state index is -0.282. The van der Waals surface area contributed by atoms with Gasteiger partial charge in [0, 0.05) is 11.5 Å². The maximum Gasteiger partial charge on any atom is 0.255 e. The van der Waals surface area contributed by atoms with E-state index >= 15 is 0 Å². The van der Waals surface area contributed by atoms with Gasteiger partial charge in [-0.1, -0.05) is 23.7 Å². The summed E-state index contributed by atoms with van der Waals surface area (Å²) in [5.74, 6) is -0.312. The van der Waals surface area contributed by atoms with E-state index in [2.05, 4.69) is 15.3 Å². The van der Waals surface area contributed by atoms with Gasteiger partial charge in [0.15, 0.2) is 0 Å². The van der Waals surface area contributed by atoms with Crippen LogP contribution in [0.15, 0.2) is 29.1 Å². The van der Waals surface area contributed by atoms with Crippen LogP contribution in [0.2, 0.25) is 5.02 Å². The Kier molecular flexibility index (Phi) is 3.85. The average molecular weight is 319 g/mol. The Bertz CT molecular complexity index is 787. The fourth-order valence-electron chi connectivity index (χ4n) is 2.66. The number of nitrogens with one attached hydrogen (secondary N) is 2. The van der Waals surface area contributed by atoms with Gasteiger partial charge in [0.25, 0.3) is 5.56 Å². The third-order valence-electron chi connectivity index (χ3n) is 3.80. The highest BCUT2D eigenvalue weighted by atomic mass is 35.5. The van der Waals surface area contributed by atoms with Crippen LogP contribution in [-0.4, -0.2) is 15.9 Å². The molecule has 0 saturated heterocycles. The maximum absolute atomic E-state index is 12.4. The van der Waals surface area contributed by atoms with E-state index in [4.69, 9.17) is 17.3 Å². The Labute approximate surface area is 131 Å². The molecule has 114 valence electrons. The third kappa shape index (κ3) is 2.82. The molecule has 1 aliphatic rings. The number of carbonyl (C=O) groups is 1. The molecule has 4 N–H and O–H groups in total. The number of halogens is 1. The number of hydrogen-bond donors (Lipinski definition) is 3. The molecule has 0 saturated carbocycles. The molecule has 1 amide bonds. The first-order chi connectivity index (χ1) is 10.5. The topological polar surface area (TPSA) is 101 Å². The molecule has 0 bridgehead atoms. The molecule has 1 heterocycles. The number of hydrogen-bond acceptors (Lipinski definition) is 4. The van der Waals surface area contributed by atoms with E-state index < -0.39 is 0 Å². The molecule has 1 aromatic carbocycles. The van der Waals surface area contributed by atoms with Crippen LogP contribution in [0.3, 0.4) is 0 Å². The number of benzene rings is 1. The summed E-state index contributed by atoms with van der Waals surface area (Å²) in [6.07, 6.45) is 1.54. The molecule has 0 aliphatic heterocycles. The van der Waals surface area contributed by atoms with Gasteiger partial charge in [-0.2, -0.15) is 0 Å². The van der Waals surface area contributed by atoms with Gasteiger partial charge in [0.2, 0.25) is 11.9 Å². The SMILES string of the molecule is Nc1nc2c(c(=O)[nH]1)CC(C(=O)Nc1ccccc1Cl)CC2. The fourth-order valence-corrected chi connectivity index (χ4v) is 2.84. The standard InChI is InChI=1S/C15H15ClN4O2/c16-10-3-1-2-4-12(10)18-13(21)8-5-6-11-9(7-8)14(22)20-15(17)19-11/h1-4,8H,5-7H2,(H,18,21)(H3,17,19,20,22). The van der Waals surface area contributed by atoms with Crippen molar-refractivity contribution in [2.75, 3.05) is 11.1 Å². The molecular weight excluding hydrogens is 304 g/mol. The molecule has 2 aromatic rings. The highest BCUT2D eigenvalue weighted by Crippen LogP contribution is 2.26. The quantitative estimate of drug-likeness (QED) is 0.785. The number of aryl methyl sites for hydroxylation is 1. The number of nitrogens with two attached hydrogens (primary N) is 1. The molecule has 1 unspecified atom stereocenters. The van der Waals surface area contributed by atoms with Crippen molar-refractivity contribution >= 4 is 29.1 Å². The van der Waals surface area contributed by atoms with Crippen LogP contribution in [0.5, 0.6) is 0 Å². The predicted octanol–water partition coefficient (Wildman–Crippen LogP) is 1.75. The van der Waals surface area contributed by atoms with Gasteiger partial charge in [-0.3, -0.25) is 14.6 Å². The molecule has 6 nitrogen and oxygen atoms in total. The summed E-state index contributed by atoms with van der Waals surface area (Å²) in [7, 11) is 0. The van der Waals surface area contributed by atoms with Crippen molar-refractivity contribution in [3.05, 3.63) is 50.9 Å². The number of nitrogen functional groups attached to an aromatic ring is 1. The third-order valence-corrected chi connectivity index (χ3v) is 4.13. The monoisotopic (exact) mass is 318 g/mol. The first-order valence-electron chi connectivity index (χ1n) is 6.97. The van der Waals surface area contributed by atoms with Gasteiger partial charge in [0.1, 0.15) is 0 Å². The highest BCUT2D eigenvalue weighted by Gasteiger charge is 2.28. The van der Waals surface area contributed by atoms with Crippen molar-refractivity contribution in [1.82, 2.24) is 9.97 Å². The molecule has 3 rings (SSSR count). The number of fused-ring (bicyclic) bond motifs is 1. The van der Waals surface area contributed by atoms with Crippen LogP contribution in [0.4, 0.5) is 11.6 Å². The number of rotatable bonds is 2. The molecule has 0 radical (unpaired) electrons. The molecule has 1 aromatic heterocycles.